The quantitative estimate of drug-likeness (QED) is 0.849. The molecule has 0 aliphatic rings. The molecule has 1 heterocycles. The van der Waals surface area contributed by atoms with Crippen molar-refractivity contribution in [2.24, 2.45) is 0 Å². The Labute approximate surface area is 128 Å². The Morgan fingerprint density at radius 1 is 1.29 bits per heavy atom. The molecule has 2 aromatic rings. The van der Waals surface area contributed by atoms with Gasteiger partial charge in [-0.2, -0.15) is 13.2 Å². The summed E-state index contributed by atoms with van der Waals surface area (Å²) in [6.45, 7) is 1.74. The van der Waals surface area contributed by atoms with E-state index >= 15 is 0 Å². The second-order valence-corrected chi connectivity index (χ2v) is 6.16. The lowest BCUT2D eigenvalue weighted by Crippen LogP contribution is -2.26. The van der Waals surface area contributed by atoms with Gasteiger partial charge in [-0.15, -0.1) is 11.3 Å². The molecule has 0 saturated carbocycles. The number of benzene rings is 1. The Balaban J connectivity index is 2.13. The summed E-state index contributed by atoms with van der Waals surface area (Å²) in [6.07, 6.45) is -4.47. The first-order valence-electron chi connectivity index (χ1n) is 6.01. The van der Waals surface area contributed by atoms with Crippen LogP contribution in [0.25, 0.3) is 0 Å². The van der Waals surface area contributed by atoms with Gasteiger partial charge >= 0.3 is 6.18 Å². The van der Waals surface area contributed by atoms with E-state index in [0.29, 0.717) is 4.34 Å². The third-order valence-electron chi connectivity index (χ3n) is 2.82. The molecule has 0 bridgehead atoms. The van der Waals surface area contributed by atoms with Gasteiger partial charge in [-0.05, 0) is 37.3 Å². The fourth-order valence-corrected chi connectivity index (χ4v) is 2.81. The predicted molar refractivity (Wildman–Crippen MR) is 76.7 cm³/mol. The number of alkyl halides is 3. The molecule has 21 heavy (non-hydrogen) atoms. The van der Waals surface area contributed by atoms with Gasteiger partial charge in [0.1, 0.15) is 0 Å². The summed E-state index contributed by atoms with van der Waals surface area (Å²) in [6, 6.07) is 7.47. The van der Waals surface area contributed by atoms with Crippen LogP contribution in [-0.4, -0.2) is 5.91 Å². The van der Waals surface area contributed by atoms with Crippen molar-refractivity contribution in [2.45, 2.75) is 19.1 Å². The molecule has 2 nitrogen and oxygen atoms in total. The van der Waals surface area contributed by atoms with E-state index in [1.807, 2.05) is 0 Å². The molecule has 0 aliphatic carbocycles. The zero-order chi connectivity index (χ0) is 15.6. The first-order chi connectivity index (χ1) is 9.77. The van der Waals surface area contributed by atoms with Crippen LogP contribution in [0.15, 0.2) is 36.4 Å². The number of amides is 1. The van der Waals surface area contributed by atoms with Crippen LogP contribution in [0.4, 0.5) is 13.2 Å². The van der Waals surface area contributed by atoms with Crippen molar-refractivity contribution in [1.82, 2.24) is 5.32 Å². The summed E-state index contributed by atoms with van der Waals surface area (Å²) in [4.78, 5) is 12.8. The van der Waals surface area contributed by atoms with Crippen molar-refractivity contribution in [1.29, 1.82) is 0 Å². The second kappa shape index (κ2) is 6.07. The maximum atomic E-state index is 12.6. The monoisotopic (exact) mass is 333 g/mol. The van der Waals surface area contributed by atoms with Crippen molar-refractivity contribution in [3.05, 3.63) is 56.7 Å². The molecule has 1 unspecified atom stereocenters. The maximum Gasteiger partial charge on any atom is 0.416 e. The minimum absolute atomic E-state index is 0.0284. The molecular formula is C14H11ClF3NOS. The molecule has 1 amide bonds. The number of rotatable bonds is 3. The van der Waals surface area contributed by atoms with Crippen molar-refractivity contribution >= 4 is 28.8 Å². The zero-order valence-electron chi connectivity index (χ0n) is 10.9. The van der Waals surface area contributed by atoms with Gasteiger partial charge in [-0.3, -0.25) is 4.79 Å². The Kier molecular flexibility index (Phi) is 4.58. The van der Waals surface area contributed by atoms with Gasteiger partial charge in [0.05, 0.1) is 15.9 Å². The van der Waals surface area contributed by atoms with Gasteiger partial charge in [0, 0.05) is 10.4 Å². The smallest absolute Gasteiger partial charge is 0.345 e. The highest BCUT2D eigenvalue weighted by Gasteiger charge is 2.31. The largest absolute Gasteiger partial charge is 0.416 e. The summed E-state index contributed by atoms with van der Waals surface area (Å²) < 4.78 is 38.4. The van der Waals surface area contributed by atoms with Crippen LogP contribution in [0.2, 0.25) is 4.34 Å². The lowest BCUT2D eigenvalue weighted by Gasteiger charge is -2.13. The normalized spacial score (nSPS) is 13.0. The fraction of sp³-hybridized carbons (Fsp3) is 0.214. The van der Waals surface area contributed by atoms with E-state index in [1.165, 1.54) is 23.5 Å². The summed E-state index contributed by atoms with van der Waals surface area (Å²) in [7, 11) is 0. The number of nitrogens with one attached hydrogen (secondary N) is 1. The van der Waals surface area contributed by atoms with Crippen LogP contribution >= 0.6 is 22.9 Å². The molecule has 0 saturated heterocycles. The molecule has 1 atom stereocenters. The molecule has 0 spiro atoms. The lowest BCUT2D eigenvalue weighted by molar-refractivity contribution is -0.137. The van der Waals surface area contributed by atoms with Gasteiger partial charge in [-0.25, -0.2) is 0 Å². The lowest BCUT2D eigenvalue weighted by atomic mass is 10.1. The number of halogens is 4. The predicted octanol–water partition coefficient (Wildman–Crippen LogP) is 4.91. The third-order valence-corrected chi connectivity index (χ3v) is 4.23. The number of carbonyl (C=O) groups excluding carboxylic acids is 1. The number of thiophene rings is 1. The number of carbonyl (C=O) groups is 1. The minimum atomic E-state index is -4.47. The maximum absolute atomic E-state index is 12.6. The first kappa shape index (κ1) is 15.9. The Morgan fingerprint density at radius 3 is 2.57 bits per heavy atom. The zero-order valence-corrected chi connectivity index (χ0v) is 12.4. The van der Waals surface area contributed by atoms with Crippen molar-refractivity contribution < 1.29 is 18.0 Å². The topological polar surface area (TPSA) is 29.1 Å². The van der Waals surface area contributed by atoms with Crippen molar-refractivity contribution in [2.75, 3.05) is 0 Å². The highest BCUT2D eigenvalue weighted by molar-refractivity contribution is 7.16. The SMILES string of the molecule is CC(NC(=O)c1cccc(C(F)(F)F)c1)c1ccc(Cl)s1. The van der Waals surface area contributed by atoms with E-state index < -0.39 is 17.6 Å². The van der Waals surface area contributed by atoms with Crippen LogP contribution < -0.4 is 5.32 Å². The molecule has 1 aromatic carbocycles. The van der Waals surface area contributed by atoms with E-state index in [1.54, 1.807) is 19.1 Å². The number of hydrogen-bond acceptors (Lipinski definition) is 2. The highest BCUT2D eigenvalue weighted by atomic mass is 35.5. The second-order valence-electron chi connectivity index (χ2n) is 4.42. The molecule has 7 heteroatoms. The van der Waals surface area contributed by atoms with E-state index in [-0.39, 0.29) is 11.6 Å². The van der Waals surface area contributed by atoms with Crippen LogP contribution in [0.1, 0.15) is 33.8 Å². The van der Waals surface area contributed by atoms with E-state index in [2.05, 4.69) is 5.32 Å². The summed E-state index contributed by atoms with van der Waals surface area (Å²) in [5.41, 5.74) is -0.874. The summed E-state index contributed by atoms with van der Waals surface area (Å²) >= 11 is 7.12. The molecule has 2 rings (SSSR count). The molecule has 0 aliphatic heterocycles. The Morgan fingerprint density at radius 2 is 2.00 bits per heavy atom. The molecule has 1 aromatic heterocycles. The average Bonchev–Trinajstić information content (AvgIpc) is 2.84. The summed E-state index contributed by atoms with van der Waals surface area (Å²) in [5, 5.41) is 2.65. The first-order valence-corrected chi connectivity index (χ1v) is 7.20. The summed E-state index contributed by atoms with van der Waals surface area (Å²) in [5.74, 6) is -0.557. The Bertz CT molecular complexity index is 654. The number of hydrogen-bond donors (Lipinski definition) is 1. The van der Waals surface area contributed by atoms with E-state index in [9.17, 15) is 18.0 Å². The highest BCUT2D eigenvalue weighted by Crippen LogP contribution is 2.30. The molecular weight excluding hydrogens is 323 g/mol. The van der Waals surface area contributed by atoms with Crippen LogP contribution in [-0.2, 0) is 6.18 Å². The molecule has 112 valence electrons. The van der Waals surface area contributed by atoms with Crippen LogP contribution in [0.5, 0.6) is 0 Å². The van der Waals surface area contributed by atoms with Crippen LogP contribution in [0, 0.1) is 0 Å². The van der Waals surface area contributed by atoms with Gasteiger partial charge in [-0.1, -0.05) is 17.7 Å². The van der Waals surface area contributed by atoms with Crippen LogP contribution in [0.3, 0.4) is 0 Å². The van der Waals surface area contributed by atoms with Crippen molar-refractivity contribution in [3.8, 4) is 0 Å². The molecule has 0 radical (unpaired) electrons. The van der Waals surface area contributed by atoms with Gasteiger partial charge in [0.25, 0.3) is 5.91 Å². The third kappa shape index (κ3) is 3.98. The Hall–Kier alpha value is -1.53. The minimum Gasteiger partial charge on any atom is -0.345 e. The van der Waals surface area contributed by atoms with Gasteiger partial charge in [0.15, 0.2) is 0 Å². The van der Waals surface area contributed by atoms with Gasteiger partial charge < -0.3 is 5.32 Å². The van der Waals surface area contributed by atoms with E-state index in [0.717, 1.165) is 17.0 Å². The molecule has 0 fully saturated rings. The van der Waals surface area contributed by atoms with Crippen molar-refractivity contribution in [3.63, 3.8) is 0 Å². The van der Waals surface area contributed by atoms with E-state index in [4.69, 9.17) is 11.6 Å². The fourth-order valence-electron chi connectivity index (χ4n) is 1.75. The van der Waals surface area contributed by atoms with Gasteiger partial charge in [0.2, 0.25) is 0 Å². The standard InChI is InChI=1S/C14H11ClF3NOS/c1-8(11-5-6-12(15)21-11)19-13(20)9-3-2-4-10(7-9)14(16,17)18/h2-8H,1H3,(H,19,20). The molecule has 1 N–H and O–H groups in total. The average molecular weight is 334 g/mol.